The number of amides is 3. The highest BCUT2D eigenvalue weighted by Gasteiger charge is 2.40. The predicted molar refractivity (Wildman–Crippen MR) is 143 cm³/mol. The van der Waals surface area contributed by atoms with Gasteiger partial charge in [-0.15, -0.1) is 0 Å². The quantitative estimate of drug-likeness (QED) is 0.392. The van der Waals surface area contributed by atoms with E-state index in [9.17, 15) is 14.4 Å². The molecule has 0 bridgehead atoms. The summed E-state index contributed by atoms with van der Waals surface area (Å²) >= 11 is 0. The van der Waals surface area contributed by atoms with Gasteiger partial charge in [-0.2, -0.15) is 0 Å². The molecular weight excluding hydrogens is 455 g/mol. The van der Waals surface area contributed by atoms with Crippen LogP contribution in [0.4, 0.5) is 0 Å². The molecule has 3 aliphatic heterocycles. The number of rotatable bonds is 6. The van der Waals surface area contributed by atoms with Crippen molar-refractivity contribution in [2.24, 2.45) is 0 Å². The highest BCUT2D eigenvalue weighted by Crippen LogP contribution is 2.35. The van der Waals surface area contributed by atoms with Crippen molar-refractivity contribution >= 4 is 46.7 Å². The summed E-state index contributed by atoms with van der Waals surface area (Å²) < 4.78 is 11.9. The van der Waals surface area contributed by atoms with Crippen molar-refractivity contribution < 1.29 is 23.9 Å². The summed E-state index contributed by atoms with van der Waals surface area (Å²) in [6, 6.07) is 11.1. The monoisotopic (exact) mass is 485 g/mol. The molecule has 1 N–H and O–H groups in total. The summed E-state index contributed by atoms with van der Waals surface area (Å²) in [6.45, 7) is 3.72. The molecule has 3 amide bonds. The zero-order chi connectivity index (χ0) is 25.4. The lowest BCUT2D eigenvalue weighted by atomic mass is 9.77. The van der Waals surface area contributed by atoms with Crippen molar-refractivity contribution in [3.05, 3.63) is 58.7 Å². The first kappa shape index (κ1) is 24.7. The fourth-order valence-electron chi connectivity index (χ4n) is 5.51. The van der Waals surface area contributed by atoms with Crippen LogP contribution >= 0.6 is 0 Å². The van der Waals surface area contributed by atoms with E-state index in [1.165, 1.54) is 5.56 Å². The van der Waals surface area contributed by atoms with Gasteiger partial charge in [-0.25, -0.2) is 0 Å². The van der Waals surface area contributed by atoms with E-state index in [0.717, 1.165) is 42.9 Å². The number of nitrogens with zero attached hydrogens (tertiary/aromatic N) is 2. The lowest BCUT2D eigenvalue weighted by molar-refractivity contribution is -0.136. The minimum Gasteiger partial charge on any atom is -0.495 e. The normalized spacial score (nSPS) is 22.2. The molecule has 3 atom stereocenters. The maximum Gasteiger partial charge on any atom is 0.255 e. The molecule has 2 aromatic rings. The maximum absolute atomic E-state index is 13.1. The Labute approximate surface area is 213 Å². The van der Waals surface area contributed by atoms with E-state index < -0.39 is 11.9 Å². The van der Waals surface area contributed by atoms with Gasteiger partial charge < -0.3 is 14.4 Å². The van der Waals surface area contributed by atoms with Crippen molar-refractivity contribution in [3.63, 3.8) is 0 Å². The average Bonchev–Trinajstić information content (AvgIpc) is 3.21. The van der Waals surface area contributed by atoms with Crippen LogP contribution in [-0.2, 0) is 20.9 Å². The maximum atomic E-state index is 13.1. The van der Waals surface area contributed by atoms with Gasteiger partial charge in [0.1, 0.15) is 27.5 Å². The third kappa shape index (κ3) is 4.69. The molecule has 0 aromatic heterocycles. The molecule has 0 spiro atoms. The zero-order valence-corrected chi connectivity index (χ0v) is 21.1. The highest BCUT2D eigenvalue weighted by atomic mass is 16.5. The van der Waals surface area contributed by atoms with Crippen LogP contribution < -0.4 is 15.5 Å². The van der Waals surface area contributed by atoms with Gasteiger partial charge in [0.2, 0.25) is 11.8 Å². The molecule has 0 aliphatic carbocycles. The first-order valence-corrected chi connectivity index (χ1v) is 12.7. The molecule has 184 valence electrons. The summed E-state index contributed by atoms with van der Waals surface area (Å²) in [4.78, 5) is 41.0. The Morgan fingerprint density at radius 2 is 1.86 bits per heavy atom. The summed E-state index contributed by atoms with van der Waals surface area (Å²) in [5.74, 6) is 0.0623. The standard InChI is InChI=1S/C25H30B3N3O5/c26-18-12-14(22(27)30-8-10-35-11-9-30)4-5-16(18)23(28)36-20-3-1-2-15-17(20)13-31(25(15)34)19-6-7-21(32)29-24(19)33/h1-5,12,19,22-23H,6-11,13,26-28H2,(H,29,32,33). The molecule has 3 heterocycles. The van der Waals surface area contributed by atoms with Gasteiger partial charge in [-0.3, -0.25) is 24.6 Å². The van der Waals surface area contributed by atoms with Crippen LogP contribution in [0.2, 0.25) is 0 Å². The van der Waals surface area contributed by atoms with Crippen molar-refractivity contribution in [1.82, 2.24) is 15.1 Å². The van der Waals surface area contributed by atoms with Gasteiger partial charge in [-0.05, 0) is 29.7 Å². The van der Waals surface area contributed by atoms with Crippen LogP contribution in [-0.4, -0.2) is 83.4 Å². The number of carbonyl (C=O) groups is 3. The lowest BCUT2D eigenvalue weighted by Crippen LogP contribution is -2.52. The topological polar surface area (TPSA) is 88.2 Å². The van der Waals surface area contributed by atoms with Gasteiger partial charge in [0, 0.05) is 36.6 Å². The Hall–Kier alpha value is -3.04. The third-order valence-corrected chi connectivity index (χ3v) is 7.65. The first-order chi connectivity index (χ1) is 17.3. The molecule has 2 fully saturated rings. The summed E-state index contributed by atoms with van der Waals surface area (Å²) in [5.41, 5.74) is 4.87. The Morgan fingerprint density at radius 1 is 1.08 bits per heavy atom. The smallest absolute Gasteiger partial charge is 0.255 e. The highest BCUT2D eigenvalue weighted by molar-refractivity contribution is 6.34. The minimum atomic E-state index is -0.642. The number of fused-ring (bicyclic) bond motifs is 1. The van der Waals surface area contributed by atoms with Crippen LogP contribution in [0, 0.1) is 0 Å². The Kier molecular flexibility index (Phi) is 6.95. The molecule has 0 saturated carbocycles. The van der Waals surface area contributed by atoms with Gasteiger partial charge in [0.25, 0.3) is 5.91 Å². The lowest BCUT2D eigenvalue weighted by Gasteiger charge is -2.33. The second kappa shape index (κ2) is 10.1. The first-order valence-electron chi connectivity index (χ1n) is 12.7. The summed E-state index contributed by atoms with van der Waals surface area (Å²) in [6.07, 6.45) is 0.571. The minimum absolute atomic E-state index is 0.199. The molecule has 2 aromatic carbocycles. The van der Waals surface area contributed by atoms with E-state index in [4.69, 9.17) is 9.47 Å². The van der Waals surface area contributed by atoms with Gasteiger partial charge in [0.15, 0.2) is 7.85 Å². The molecule has 8 nitrogen and oxygen atoms in total. The molecule has 11 heteroatoms. The van der Waals surface area contributed by atoms with Crippen LogP contribution in [0.15, 0.2) is 36.4 Å². The van der Waals surface area contributed by atoms with Crippen molar-refractivity contribution in [3.8, 4) is 5.75 Å². The Bertz CT molecular complexity index is 1200. The van der Waals surface area contributed by atoms with E-state index in [0.29, 0.717) is 30.2 Å². The van der Waals surface area contributed by atoms with Crippen LogP contribution in [0.1, 0.15) is 51.8 Å². The number of benzene rings is 2. The van der Waals surface area contributed by atoms with Gasteiger partial charge in [-0.1, -0.05) is 29.7 Å². The van der Waals surface area contributed by atoms with E-state index in [1.807, 2.05) is 20.0 Å². The third-order valence-electron chi connectivity index (χ3n) is 7.65. The predicted octanol–water partition coefficient (Wildman–Crippen LogP) is -1.62. The van der Waals surface area contributed by atoms with Gasteiger partial charge >= 0.3 is 0 Å². The Morgan fingerprint density at radius 3 is 2.58 bits per heavy atom. The van der Waals surface area contributed by atoms with Crippen LogP contribution in [0.3, 0.4) is 0 Å². The number of ether oxygens (including phenoxy) is 2. The number of morpholine rings is 1. The fraction of sp³-hybridized carbons (Fsp3) is 0.400. The second-order valence-corrected chi connectivity index (χ2v) is 9.88. The summed E-state index contributed by atoms with van der Waals surface area (Å²) in [5, 5.41) is 2.35. The van der Waals surface area contributed by atoms with E-state index in [-0.39, 0.29) is 24.2 Å². The molecule has 0 radical (unpaired) electrons. The number of hydrogen-bond donors (Lipinski definition) is 1. The SMILES string of the molecule is Bc1cc(C(B)N2CCOCC2)ccc1C(B)Oc1cccc2c1CN(C1CCC(=O)NC1=O)C2=O. The van der Waals surface area contributed by atoms with E-state index >= 15 is 0 Å². The molecular formula is C25H30B3N3O5. The van der Waals surface area contributed by atoms with Crippen molar-refractivity contribution in [2.75, 3.05) is 26.3 Å². The molecule has 36 heavy (non-hydrogen) atoms. The number of nitrogens with one attached hydrogen (secondary N) is 1. The Balaban J connectivity index is 1.32. The fourth-order valence-corrected chi connectivity index (χ4v) is 5.51. The number of piperidine rings is 1. The molecule has 3 aliphatic rings. The molecule has 3 unspecified atom stereocenters. The van der Waals surface area contributed by atoms with Crippen LogP contribution in [0.5, 0.6) is 5.75 Å². The van der Waals surface area contributed by atoms with E-state index in [1.54, 1.807) is 11.0 Å². The zero-order valence-electron chi connectivity index (χ0n) is 21.1. The summed E-state index contributed by atoms with van der Waals surface area (Å²) in [7, 11) is 6.36. The van der Waals surface area contributed by atoms with E-state index in [2.05, 4.69) is 44.1 Å². The number of imide groups is 1. The van der Waals surface area contributed by atoms with Gasteiger partial charge in [0.05, 0.1) is 25.8 Å². The van der Waals surface area contributed by atoms with Crippen molar-refractivity contribution in [1.29, 1.82) is 0 Å². The van der Waals surface area contributed by atoms with Crippen molar-refractivity contribution in [2.45, 2.75) is 37.4 Å². The molecule has 2 saturated heterocycles. The number of hydrogen-bond acceptors (Lipinski definition) is 6. The molecule has 5 rings (SSSR count). The number of carbonyl (C=O) groups excluding carboxylic acids is 3. The van der Waals surface area contributed by atoms with Crippen LogP contribution in [0.25, 0.3) is 0 Å². The largest absolute Gasteiger partial charge is 0.495 e. The average molecular weight is 485 g/mol. The second-order valence-electron chi connectivity index (χ2n) is 9.88.